The summed E-state index contributed by atoms with van der Waals surface area (Å²) in [6.07, 6.45) is 2.97. The topological polar surface area (TPSA) is 63.0 Å². The number of para-hydroxylation sites is 2. The average molecular weight is 591 g/mol. The monoisotopic (exact) mass is 590 g/mol. The Kier molecular flexibility index (Phi) is 7.33. The molecule has 43 heavy (non-hydrogen) atoms. The van der Waals surface area contributed by atoms with Crippen molar-refractivity contribution in [2.45, 2.75) is 32.7 Å². The number of hydrogen-bond donors (Lipinski definition) is 0. The van der Waals surface area contributed by atoms with Gasteiger partial charge >= 0.3 is 0 Å². The summed E-state index contributed by atoms with van der Waals surface area (Å²) in [6.45, 7) is 19.3. The summed E-state index contributed by atoms with van der Waals surface area (Å²) >= 11 is 7.06. The molecule has 5 aromatic rings. The number of piperazine rings is 1. The van der Waals surface area contributed by atoms with Crippen molar-refractivity contribution in [3.63, 3.8) is 0 Å². The van der Waals surface area contributed by atoms with E-state index in [0.29, 0.717) is 46.8 Å². The number of amides is 1. The normalized spacial score (nSPS) is 15.3. The van der Waals surface area contributed by atoms with Crippen LogP contribution in [0.15, 0.2) is 88.8 Å². The molecule has 0 radical (unpaired) electrons. The first-order valence-corrected chi connectivity index (χ1v) is 14.7. The van der Waals surface area contributed by atoms with E-state index in [1.165, 1.54) is 6.08 Å². The molecule has 2 aromatic heterocycles. The number of anilines is 1. The third kappa shape index (κ3) is 4.68. The first kappa shape index (κ1) is 28.3. The molecular weight excluding hydrogens is 560 g/mol. The quantitative estimate of drug-likeness (QED) is 0.154. The van der Waals surface area contributed by atoms with Crippen LogP contribution >= 0.6 is 11.6 Å². The summed E-state index contributed by atoms with van der Waals surface area (Å²) in [6, 6.07) is 19.2. The van der Waals surface area contributed by atoms with E-state index in [-0.39, 0.29) is 23.6 Å². The van der Waals surface area contributed by atoms with E-state index in [9.17, 15) is 9.59 Å². The Hall–Kier alpha value is -4.80. The minimum absolute atomic E-state index is 0.0263. The van der Waals surface area contributed by atoms with E-state index in [2.05, 4.69) is 30.2 Å². The molecular formula is C35H31ClN4O3. The number of nitrogens with zero attached hydrogens (tertiary/aromatic N) is 4. The largest absolute Gasteiger partial charge is 0.464 e. The molecule has 0 unspecified atom stereocenters. The summed E-state index contributed by atoms with van der Waals surface area (Å²) in [5.41, 5.74) is 4.76. The lowest BCUT2D eigenvalue weighted by atomic mass is 9.98. The van der Waals surface area contributed by atoms with Gasteiger partial charge in [0.05, 0.1) is 29.7 Å². The van der Waals surface area contributed by atoms with Crippen molar-refractivity contribution in [2.75, 3.05) is 24.5 Å². The van der Waals surface area contributed by atoms with E-state index in [1.807, 2.05) is 67.6 Å². The molecule has 0 N–H and O–H groups in total. The lowest BCUT2D eigenvalue weighted by Gasteiger charge is -2.42. The number of rotatable bonds is 5. The Labute approximate surface area is 255 Å². The van der Waals surface area contributed by atoms with E-state index < -0.39 is 5.56 Å². The van der Waals surface area contributed by atoms with Crippen LogP contribution < -0.4 is 10.5 Å². The summed E-state index contributed by atoms with van der Waals surface area (Å²) in [5.74, 6) is -0.00407. The maximum Gasteiger partial charge on any atom is 0.274 e. The van der Waals surface area contributed by atoms with Crippen molar-refractivity contribution < 1.29 is 9.21 Å². The fourth-order valence-corrected chi connectivity index (χ4v) is 6.49. The molecule has 0 bridgehead atoms. The maximum atomic E-state index is 14.5. The third-order valence-electron chi connectivity index (χ3n) is 8.29. The first-order chi connectivity index (χ1) is 20.7. The number of aromatic nitrogens is 1. The van der Waals surface area contributed by atoms with E-state index in [0.717, 1.165) is 27.8 Å². The summed E-state index contributed by atoms with van der Waals surface area (Å²) in [7, 11) is 0. The zero-order valence-electron chi connectivity index (χ0n) is 24.3. The van der Waals surface area contributed by atoms with Gasteiger partial charge in [0.1, 0.15) is 5.58 Å². The van der Waals surface area contributed by atoms with Crippen LogP contribution in [0.4, 0.5) is 11.4 Å². The molecule has 7 nitrogen and oxygen atoms in total. The standard InChI is InChI=1S/C35H31ClN4O3/c1-6-31(41)38-15-16-39(22(4)20-38)33-27-18-28(36)26(25-12-9-10-23-14-17-43-34(23)25)19-30(27)40(35(42)32(33)37-5)29-13-8-7-11-24(29)21(2)3/h6-14,17-19,21-22H,1,15-16,20H2,2-4H3/t22-/m0/s1. The van der Waals surface area contributed by atoms with Gasteiger partial charge in [-0.3, -0.25) is 14.2 Å². The fourth-order valence-electron chi connectivity index (χ4n) is 6.22. The van der Waals surface area contributed by atoms with Crippen molar-refractivity contribution in [3.8, 4) is 16.8 Å². The van der Waals surface area contributed by atoms with Crippen LogP contribution in [0.25, 0.3) is 43.5 Å². The number of carbonyl (C=O) groups excluding carboxylic acids is 1. The molecule has 0 spiro atoms. The fraction of sp³-hybridized carbons (Fsp3) is 0.229. The second-order valence-electron chi connectivity index (χ2n) is 11.2. The zero-order chi connectivity index (χ0) is 30.4. The molecule has 1 aliphatic rings. The van der Waals surface area contributed by atoms with Gasteiger partial charge < -0.3 is 14.2 Å². The predicted octanol–water partition coefficient (Wildman–Crippen LogP) is 7.95. The highest BCUT2D eigenvalue weighted by atomic mass is 35.5. The van der Waals surface area contributed by atoms with Gasteiger partial charge in [-0.05, 0) is 48.7 Å². The van der Waals surface area contributed by atoms with Crippen molar-refractivity contribution in [3.05, 3.63) is 112 Å². The van der Waals surface area contributed by atoms with E-state index in [4.69, 9.17) is 22.6 Å². The average Bonchev–Trinajstić information content (AvgIpc) is 3.50. The molecule has 6 rings (SSSR count). The minimum atomic E-state index is -0.396. The Morgan fingerprint density at radius 3 is 2.63 bits per heavy atom. The molecule has 1 amide bonds. The smallest absolute Gasteiger partial charge is 0.274 e. The maximum absolute atomic E-state index is 14.5. The SMILES string of the molecule is [C-]#[N+]c1c(N2CCN(C(=O)C=C)C[C@@H]2C)c2cc(Cl)c(-c3cccc4ccoc34)cc2n(-c2ccccc2C(C)C)c1=O. The highest BCUT2D eigenvalue weighted by molar-refractivity contribution is 6.35. The Morgan fingerprint density at radius 2 is 1.91 bits per heavy atom. The molecule has 216 valence electrons. The van der Waals surface area contributed by atoms with Crippen LogP contribution in [0.5, 0.6) is 0 Å². The second kappa shape index (κ2) is 11.1. The number of carbonyl (C=O) groups is 1. The Morgan fingerprint density at radius 1 is 1.12 bits per heavy atom. The first-order valence-electron chi connectivity index (χ1n) is 14.3. The van der Waals surface area contributed by atoms with Gasteiger partial charge in [0.2, 0.25) is 5.91 Å². The third-order valence-corrected chi connectivity index (χ3v) is 8.61. The predicted molar refractivity (Wildman–Crippen MR) is 174 cm³/mol. The Balaban J connectivity index is 1.69. The minimum Gasteiger partial charge on any atom is -0.464 e. The highest BCUT2D eigenvalue weighted by Crippen LogP contribution is 2.43. The number of halogens is 1. The van der Waals surface area contributed by atoms with Gasteiger partial charge in [-0.15, -0.1) is 0 Å². The molecule has 1 fully saturated rings. The lowest BCUT2D eigenvalue weighted by Crippen LogP contribution is -2.53. The van der Waals surface area contributed by atoms with Gasteiger partial charge in [-0.25, -0.2) is 4.85 Å². The van der Waals surface area contributed by atoms with Crippen LogP contribution in [-0.2, 0) is 4.79 Å². The van der Waals surface area contributed by atoms with Crippen LogP contribution in [0, 0.1) is 6.57 Å². The number of hydrogen-bond acceptors (Lipinski definition) is 4. The van der Waals surface area contributed by atoms with Crippen LogP contribution in [0.1, 0.15) is 32.3 Å². The number of furan rings is 1. The van der Waals surface area contributed by atoms with Crippen molar-refractivity contribution >= 4 is 50.8 Å². The van der Waals surface area contributed by atoms with Gasteiger partial charge in [0.25, 0.3) is 11.2 Å². The van der Waals surface area contributed by atoms with Crippen molar-refractivity contribution in [1.82, 2.24) is 9.47 Å². The Bertz CT molecular complexity index is 2020. The highest BCUT2D eigenvalue weighted by Gasteiger charge is 2.31. The molecule has 1 atom stereocenters. The molecule has 8 heteroatoms. The number of fused-ring (bicyclic) bond motifs is 2. The molecule has 3 aromatic carbocycles. The lowest BCUT2D eigenvalue weighted by molar-refractivity contribution is -0.126. The van der Waals surface area contributed by atoms with Crippen LogP contribution in [-0.4, -0.2) is 41.1 Å². The summed E-state index contributed by atoms with van der Waals surface area (Å²) in [4.78, 5) is 34.5. The summed E-state index contributed by atoms with van der Waals surface area (Å²) < 4.78 is 7.51. The van der Waals surface area contributed by atoms with Gasteiger partial charge in [-0.2, -0.15) is 0 Å². The van der Waals surface area contributed by atoms with E-state index in [1.54, 1.807) is 15.7 Å². The van der Waals surface area contributed by atoms with Gasteiger partial charge in [-0.1, -0.05) is 68.4 Å². The van der Waals surface area contributed by atoms with Gasteiger partial charge in [0.15, 0.2) is 0 Å². The van der Waals surface area contributed by atoms with Crippen molar-refractivity contribution in [2.24, 2.45) is 0 Å². The van der Waals surface area contributed by atoms with Gasteiger partial charge in [0, 0.05) is 52.6 Å². The van der Waals surface area contributed by atoms with Crippen LogP contribution in [0.2, 0.25) is 5.02 Å². The molecule has 0 saturated carbocycles. The molecule has 3 heterocycles. The number of pyridine rings is 1. The van der Waals surface area contributed by atoms with Crippen LogP contribution in [0.3, 0.4) is 0 Å². The second-order valence-corrected chi connectivity index (χ2v) is 11.6. The number of benzene rings is 3. The molecule has 1 aliphatic heterocycles. The molecule has 1 saturated heterocycles. The van der Waals surface area contributed by atoms with E-state index >= 15 is 0 Å². The van der Waals surface area contributed by atoms with Crippen molar-refractivity contribution in [1.29, 1.82) is 0 Å². The molecule has 0 aliphatic carbocycles. The summed E-state index contributed by atoms with van der Waals surface area (Å²) in [5, 5.41) is 2.12. The zero-order valence-corrected chi connectivity index (χ0v) is 25.1.